The fourth-order valence-electron chi connectivity index (χ4n) is 4.94. The maximum absolute atomic E-state index is 2.31. The Morgan fingerprint density at radius 3 is 1.55 bits per heavy atom. The van der Waals surface area contributed by atoms with E-state index in [9.17, 15) is 0 Å². The summed E-state index contributed by atoms with van der Waals surface area (Å²) in [7, 11) is 0. The number of rotatable bonds is 4. The summed E-state index contributed by atoms with van der Waals surface area (Å²) in [6.07, 6.45) is 0. The maximum Gasteiger partial charge on any atom is 0.0707 e. The molecule has 0 bridgehead atoms. The van der Waals surface area contributed by atoms with Gasteiger partial charge in [-0.25, -0.2) is 0 Å². The molecular formula is C31H26. The molecular weight excluding hydrogens is 372 g/mol. The van der Waals surface area contributed by atoms with Gasteiger partial charge >= 0.3 is 0 Å². The van der Waals surface area contributed by atoms with Crippen molar-refractivity contribution in [3.8, 4) is 0 Å². The van der Waals surface area contributed by atoms with Crippen molar-refractivity contribution in [2.75, 3.05) is 0 Å². The molecule has 5 rings (SSSR count). The minimum atomic E-state index is -0.413. The Kier molecular flexibility index (Phi) is 4.92. The van der Waals surface area contributed by atoms with Crippen LogP contribution in [0.1, 0.15) is 33.4 Å². The van der Waals surface area contributed by atoms with Crippen LogP contribution < -0.4 is 0 Å². The van der Waals surface area contributed by atoms with Gasteiger partial charge in [0.05, 0.1) is 5.41 Å². The zero-order valence-corrected chi connectivity index (χ0v) is 18.0. The number of fused-ring (bicyclic) bond motifs is 1. The summed E-state index contributed by atoms with van der Waals surface area (Å²) in [6, 6.07) is 44.3. The van der Waals surface area contributed by atoms with Crippen LogP contribution in [-0.2, 0) is 5.41 Å². The lowest BCUT2D eigenvalue weighted by Gasteiger charge is -2.38. The van der Waals surface area contributed by atoms with Crippen LogP contribution in [0.3, 0.4) is 0 Å². The van der Waals surface area contributed by atoms with Gasteiger partial charge in [0.15, 0.2) is 0 Å². The first-order chi connectivity index (χ1) is 15.2. The van der Waals surface area contributed by atoms with Gasteiger partial charge in [0.2, 0.25) is 0 Å². The zero-order chi connectivity index (χ0) is 21.3. The topological polar surface area (TPSA) is 0 Å². The molecule has 0 radical (unpaired) electrons. The summed E-state index contributed by atoms with van der Waals surface area (Å²) in [5.41, 5.74) is 7.31. The fourth-order valence-corrected chi connectivity index (χ4v) is 4.94. The van der Waals surface area contributed by atoms with Crippen LogP contribution in [0.2, 0.25) is 0 Å². The van der Waals surface area contributed by atoms with Gasteiger partial charge in [0.25, 0.3) is 0 Å². The third-order valence-electron chi connectivity index (χ3n) is 6.44. The predicted octanol–water partition coefficient (Wildman–Crippen LogP) is 7.84. The van der Waals surface area contributed by atoms with Crippen LogP contribution >= 0.6 is 0 Å². The molecule has 5 aromatic carbocycles. The number of benzene rings is 5. The van der Waals surface area contributed by atoms with Crippen molar-refractivity contribution < 1.29 is 0 Å². The molecule has 150 valence electrons. The molecule has 0 aliphatic heterocycles. The van der Waals surface area contributed by atoms with Crippen LogP contribution in [-0.4, -0.2) is 0 Å². The number of hydrogen-bond donors (Lipinski definition) is 0. The van der Waals surface area contributed by atoms with E-state index in [-0.39, 0.29) is 0 Å². The molecule has 0 saturated heterocycles. The minimum Gasteiger partial charge on any atom is -0.0622 e. The van der Waals surface area contributed by atoms with Gasteiger partial charge in [-0.15, -0.1) is 0 Å². The smallest absolute Gasteiger partial charge is 0.0622 e. The van der Waals surface area contributed by atoms with E-state index in [1.54, 1.807) is 0 Å². The normalized spacial score (nSPS) is 11.5. The maximum atomic E-state index is 2.31. The second kappa shape index (κ2) is 7.89. The minimum absolute atomic E-state index is 0.413. The Labute approximate surface area is 184 Å². The van der Waals surface area contributed by atoms with E-state index in [1.165, 1.54) is 44.2 Å². The molecule has 0 unspecified atom stereocenters. The number of aryl methyl sites for hydroxylation is 2. The molecule has 0 aliphatic carbocycles. The van der Waals surface area contributed by atoms with Gasteiger partial charge in [0, 0.05) is 0 Å². The van der Waals surface area contributed by atoms with Gasteiger partial charge < -0.3 is 0 Å². The Balaban J connectivity index is 1.99. The van der Waals surface area contributed by atoms with E-state index < -0.39 is 5.41 Å². The van der Waals surface area contributed by atoms with Gasteiger partial charge in [0.1, 0.15) is 0 Å². The highest BCUT2D eigenvalue weighted by Gasteiger charge is 2.39. The number of hydrogen-bond acceptors (Lipinski definition) is 0. The molecule has 0 heterocycles. The van der Waals surface area contributed by atoms with Crippen molar-refractivity contribution in [2.24, 2.45) is 0 Å². The van der Waals surface area contributed by atoms with Crippen LogP contribution in [0.15, 0.2) is 121 Å². The summed E-state index contributed by atoms with van der Waals surface area (Å²) >= 11 is 0. The molecule has 0 atom stereocenters. The molecule has 0 amide bonds. The van der Waals surface area contributed by atoms with Crippen LogP contribution in [0.5, 0.6) is 0 Å². The molecule has 0 spiro atoms. The first-order valence-corrected chi connectivity index (χ1v) is 10.9. The van der Waals surface area contributed by atoms with Gasteiger partial charge in [-0.2, -0.15) is 0 Å². The summed E-state index contributed by atoms with van der Waals surface area (Å²) in [4.78, 5) is 0. The average molecular weight is 399 g/mol. The van der Waals surface area contributed by atoms with Gasteiger partial charge in [-0.05, 0) is 52.4 Å². The third-order valence-corrected chi connectivity index (χ3v) is 6.44. The van der Waals surface area contributed by atoms with Crippen molar-refractivity contribution in [1.82, 2.24) is 0 Å². The van der Waals surface area contributed by atoms with Crippen molar-refractivity contribution in [3.05, 3.63) is 155 Å². The van der Waals surface area contributed by atoms with Crippen molar-refractivity contribution >= 4 is 10.8 Å². The highest BCUT2D eigenvalue weighted by Crippen LogP contribution is 2.47. The second-order valence-electron chi connectivity index (χ2n) is 8.32. The van der Waals surface area contributed by atoms with Crippen molar-refractivity contribution in [1.29, 1.82) is 0 Å². The monoisotopic (exact) mass is 398 g/mol. The molecule has 0 fully saturated rings. The SMILES string of the molecule is Cc1ccc(C(c2ccccc2)(c2ccccc2)c2cccc3c(C)cccc23)cc1. The largest absolute Gasteiger partial charge is 0.0707 e. The van der Waals surface area contributed by atoms with Crippen LogP contribution in [0, 0.1) is 13.8 Å². The standard InChI is InChI=1S/C31H26/c1-23-19-21-27(22-20-23)31(25-12-5-3-6-13-25,26-14-7-4-8-15-26)30-18-10-16-28-24(2)11-9-17-29(28)30/h3-22H,1-2H3. The Morgan fingerprint density at radius 1 is 0.419 bits per heavy atom. The van der Waals surface area contributed by atoms with Crippen molar-refractivity contribution in [2.45, 2.75) is 19.3 Å². The molecule has 0 aromatic heterocycles. The van der Waals surface area contributed by atoms with E-state index in [1.807, 2.05) is 0 Å². The molecule has 0 N–H and O–H groups in total. The third kappa shape index (κ3) is 3.16. The van der Waals surface area contributed by atoms with Gasteiger partial charge in [-0.1, -0.05) is 127 Å². The lowest BCUT2D eigenvalue weighted by molar-refractivity contribution is 0.752. The Morgan fingerprint density at radius 2 is 0.935 bits per heavy atom. The first kappa shape index (κ1) is 19.3. The zero-order valence-electron chi connectivity index (χ0n) is 18.0. The molecule has 5 aromatic rings. The lowest BCUT2D eigenvalue weighted by atomic mass is 9.64. The molecule has 0 aliphatic rings. The quantitative estimate of drug-likeness (QED) is 0.270. The Bertz CT molecular complexity index is 1270. The molecule has 0 heteroatoms. The molecule has 0 nitrogen and oxygen atoms in total. The summed E-state index contributed by atoms with van der Waals surface area (Å²) in [5.74, 6) is 0. The van der Waals surface area contributed by atoms with E-state index in [0.717, 1.165) is 0 Å². The summed E-state index contributed by atoms with van der Waals surface area (Å²) < 4.78 is 0. The molecule has 31 heavy (non-hydrogen) atoms. The van der Waals surface area contributed by atoms with Gasteiger partial charge in [-0.3, -0.25) is 0 Å². The highest BCUT2D eigenvalue weighted by atomic mass is 14.4. The summed E-state index contributed by atoms with van der Waals surface area (Å²) in [6.45, 7) is 4.35. The van der Waals surface area contributed by atoms with E-state index >= 15 is 0 Å². The molecule has 0 saturated carbocycles. The first-order valence-electron chi connectivity index (χ1n) is 10.9. The van der Waals surface area contributed by atoms with E-state index in [2.05, 4.69) is 135 Å². The van der Waals surface area contributed by atoms with Crippen LogP contribution in [0.25, 0.3) is 10.8 Å². The average Bonchev–Trinajstić information content (AvgIpc) is 2.83. The van der Waals surface area contributed by atoms with Crippen molar-refractivity contribution in [3.63, 3.8) is 0 Å². The van der Waals surface area contributed by atoms with E-state index in [4.69, 9.17) is 0 Å². The highest BCUT2D eigenvalue weighted by molar-refractivity contribution is 5.91. The second-order valence-corrected chi connectivity index (χ2v) is 8.32. The fraction of sp³-hybridized carbons (Fsp3) is 0.0968. The lowest BCUT2D eigenvalue weighted by Crippen LogP contribution is -2.31. The van der Waals surface area contributed by atoms with E-state index in [0.29, 0.717) is 0 Å². The Hall–Kier alpha value is -3.64. The summed E-state index contributed by atoms with van der Waals surface area (Å²) in [5, 5.41) is 2.61. The predicted molar refractivity (Wildman–Crippen MR) is 132 cm³/mol. The van der Waals surface area contributed by atoms with Crippen LogP contribution in [0.4, 0.5) is 0 Å².